The number of methoxy groups -OCH3 is 2. The Kier molecular flexibility index (Phi) is 7.09. The highest BCUT2D eigenvalue weighted by molar-refractivity contribution is 9.10. The van der Waals surface area contributed by atoms with Crippen LogP contribution in [0.25, 0.3) is 11.2 Å². The van der Waals surface area contributed by atoms with Gasteiger partial charge in [-0.1, -0.05) is 19.4 Å². The Hall–Kier alpha value is -2.88. The number of anilines is 1. The molecule has 10 heteroatoms. The van der Waals surface area contributed by atoms with Crippen LogP contribution in [0.4, 0.5) is 5.82 Å². The van der Waals surface area contributed by atoms with E-state index in [0.29, 0.717) is 34.8 Å². The molecule has 0 atom stereocenters. The molecule has 160 valence electrons. The molecule has 0 bridgehead atoms. The lowest BCUT2D eigenvalue weighted by atomic mass is 10.1. The number of nitrogen functional groups attached to an aromatic ring is 1. The summed E-state index contributed by atoms with van der Waals surface area (Å²) in [6.07, 6.45) is 2.02. The van der Waals surface area contributed by atoms with Crippen molar-refractivity contribution >= 4 is 38.9 Å². The second kappa shape index (κ2) is 9.75. The first-order chi connectivity index (χ1) is 14.5. The van der Waals surface area contributed by atoms with Crippen molar-refractivity contribution in [2.24, 2.45) is 0 Å². The van der Waals surface area contributed by atoms with Gasteiger partial charge in [-0.2, -0.15) is 9.97 Å². The number of hydrogen-bond acceptors (Lipinski definition) is 8. The molecule has 2 N–H and O–H groups in total. The number of imidazole rings is 1. The van der Waals surface area contributed by atoms with Crippen LogP contribution in [-0.2, 0) is 22.5 Å². The number of halogens is 1. The number of nitrogens with zero attached hydrogens (tertiary/aromatic N) is 4. The Bertz CT molecular complexity index is 1050. The highest BCUT2D eigenvalue weighted by Crippen LogP contribution is 2.27. The molecule has 0 fully saturated rings. The molecule has 0 aliphatic carbocycles. The van der Waals surface area contributed by atoms with Crippen molar-refractivity contribution in [1.29, 1.82) is 0 Å². The van der Waals surface area contributed by atoms with E-state index in [1.807, 2.05) is 22.8 Å². The minimum atomic E-state index is -0.339. The van der Waals surface area contributed by atoms with E-state index in [-0.39, 0.29) is 24.2 Å². The van der Waals surface area contributed by atoms with E-state index < -0.39 is 0 Å². The van der Waals surface area contributed by atoms with Crippen LogP contribution in [0.15, 0.2) is 22.9 Å². The van der Waals surface area contributed by atoms with Crippen molar-refractivity contribution in [3.63, 3.8) is 0 Å². The lowest BCUT2D eigenvalue weighted by molar-refractivity contribution is -0.139. The molecule has 3 aromatic rings. The number of benzene rings is 1. The van der Waals surface area contributed by atoms with Gasteiger partial charge in [0.15, 0.2) is 21.7 Å². The molecule has 0 unspecified atom stereocenters. The van der Waals surface area contributed by atoms with Gasteiger partial charge in [-0.25, -0.2) is 4.98 Å². The number of ether oxygens (including phenoxy) is 3. The number of carbonyl (C=O) groups excluding carboxylic acids is 1. The van der Waals surface area contributed by atoms with Gasteiger partial charge in [-0.05, 0) is 40.0 Å². The highest BCUT2D eigenvalue weighted by Gasteiger charge is 2.17. The van der Waals surface area contributed by atoms with Crippen LogP contribution >= 0.6 is 15.9 Å². The predicted molar refractivity (Wildman–Crippen MR) is 116 cm³/mol. The van der Waals surface area contributed by atoms with Crippen molar-refractivity contribution < 1.29 is 19.0 Å². The summed E-state index contributed by atoms with van der Waals surface area (Å²) in [7, 11) is 2.92. The van der Waals surface area contributed by atoms with E-state index in [9.17, 15) is 4.79 Å². The first kappa shape index (κ1) is 21.8. The molecule has 0 aliphatic heterocycles. The van der Waals surface area contributed by atoms with Crippen LogP contribution in [0, 0.1) is 0 Å². The fraction of sp³-hybridized carbons (Fsp3) is 0.400. The van der Waals surface area contributed by atoms with E-state index in [0.717, 1.165) is 24.0 Å². The quantitative estimate of drug-likeness (QED) is 0.284. The minimum Gasteiger partial charge on any atom is -0.496 e. The van der Waals surface area contributed by atoms with Crippen LogP contribution in [0.2, 0.25) is 0 Å². The summed E-state index contributed by atoms with van der Waals surface area (Å²) >= 11 is 3.48. The van der Waals surface area contributed by atoms with E-state index in [4.69, 9.17) is 19.9 Å². The number of esters is 1. The zero-order chi connectivity index (χ0) is 21.7. The Morgan fingerprint density at radius 3 is 2.73 bits per heavy atom. The van der Waals surface area contributed by atoms with Crippen molar-refractivity contribution in [3.05, 3.63) is 34.1 Å². The van der Waals surface area contributed by atoms with E-state index in [1.54, 1.807) is 7.11 Å². The predicted octanol–water partition coefficient (Wildman–Crippen LogP) is 3.12. The van der Waals surface area contributed by atoms with Crippen molar-refractivity contribution in [3.8, 4) is 11.8 Å². The molecular weight excluding hydrogens is 454 g/mol. The van der Waals surface area contributed by atoms with Gasteiger partial charge in [0.05, 0.1) is 33.8 Å². The zero-order valence-corrected chi connectivity index (χ0v) is 18.7. The van der Waals surface area contributed by atoms with Gasteiger partial charge in [0.25, 0.3) is 0 Å². The average Bonchev–Trinajstić information content (AvgIpc) is 3.04. The van der Waals surface area contributed by atoms with Gasteiger partial charge < -0.3 is 19.9 Å². The topological polar surface area (TPSA) is 114 Å². The molecule has 0 spiro atoms. The van der Waals surface area contributed by atoms with Crippen molar-refractivity contribution in [2.75, 3.05) is 26.6 Å². The number of unbranched alkanes of at least 4 members (excludes halogenated alkanes) is 1. The molecule has 2 heterocycles. The third kappa shape index (κ3) is 4.81. The summed E-state index contributed by atoms with van der Waals surface area (Å²) in [4.78, 5) is 24.9. The number of rotatable bonds is 9. The van der Waals surface area contributed by atoms with Crippen LogP contribution in [0.3, 0.4) is 0 Å². The minimum absolute atomic E-state index is 0.115. The molecule has 3 rings (SSSR count). The maximum Gasteiger partial charge on any atom is 0.320 e. The number of carbonyl (C=O) groups is 1. The second-order valence-electron chi connectivity index (χ2n) is 6.63. The number of fused-ring (bicyclic) bond motifs is 1. The SMILES string of the molecule is CCCCOc1nc(N)c2nc(Br)n(Cc3ccc(OC)c(CC(=O)OC)c3)c2n1. The summed E-state index contributed by atoms with van der Waals surface area (Å²) in [6.45, 7) is 3.05. The Morgan fingerprint density at radius 2 is 2.03 bits per heavy atom. The fourth-order valence-electron chi connectivity index (χ4n) is 2.97. The van der Waals surface area contributed by atoms with Crippen molar-refractivity contribution in [2.45, 2.75) is 32.7 Å². The summed E-state index contributed by atoms with van der Waals surface area (Å²) in [5.41, 5.74) is 8.80. The van der Waals surface area contributed by atoms with Crippen LogP contribution in [0.5, 0.6) is 11.8 Å². The lowest BCUT2D eigenvalue weighted by Gasteiger charge is -2.12. The third-order valence-electron chi connectivity index (χ3n) is 4.53. The first-order valence-electron chi connectivity index (χ1n) is 9.51. The van der Waals surface area contributed by atoms with Crippen LogP contribution in [-0.4, -0.2) is 46.3 Å². The number of hydrogen-bond donors (Lipinski definition) is 1. The van der Waals surface area contributed by atoms with Crippen LogP contribution in [0.1, 0.15) is 30.9 Å². The summed E-state index contributed by atoms with van der Waals surface area (Å²) in [5, 5.41) is 0. The molecule has 0 amide bonds. The molecule has 0 radical (unpaired) electrons. The van der Waals surface area contributed by atoms with Gasteiger partial charge in [-0.15, -0.1) is 0 Å². The Labute approximate surface area is 182 Å². The molecule has 9 nitrogen and oxygen atoms in total. The second-order valence-corrected chi connectivity index (χ2v) is 7.34. The fourth-order valence-corrected chi connectivity index (χ4v) is 3.44. The molecule has 1 aromatic carbocycles. The largest absolute Gasteiger partial charge is 0.496 e. The average molecular weight is 478 g/mol. The maximum absolute atomic E-state index is 11.7. The van der Waals surface area contributed by atoms with E-state index >= 15 is 0 Å². The monoisotopic (exact) mass is 477 g/mol. The smallest absolute Gasteiger partial charge is 0.320 e. The van der Waals surface area contributed by atoms with E-state index in [1.165, 1.54) is 7.11 Å². The highest BCUT2D eigenvalue weighted by atomic mass is 79.9. The molecule has 0 aliphatic rings. The molecular formula is C20H24BrN5O4. The van der Waals surface area contributed by atoms with Gasteiger partial charge in [0.2, 0.25) is 0 Å². The summed E-state index contributed by atoms with van der Waals surface area (Å²) < 4.78 is 18.2. The number of nitrogens with two attached hydrogens (primary N) is 1. The molecule has 0 saturated carbocycles. The lowest BCUT2D eigenvalue weighted by Crippen LogP contribution is -2.08. The van der Waals surface area contributed by atoms with E-state index in [2.05, 4.69) is 37.8 Å². The first-order valence-corrected chi connectivity index (χ1v) is 10.3. The van der Waals surface area contributed by atoms with Gasteiger partial charge in [0, 0.05) is 5.56 Å². The van der Waals surface area contributed by atoms with Crippen LogP contribution < -0.4 is 15.2 Å². The standard InChI is InChI=1S/C20H24BrN5O4/c1-4-5-8-30-20-24-17(22)16-18(25-20)26(19(21)23-16)11-12-6-7-14(28-2)13(9-12)10-15(27)29-3/h6-7,9H,4-5,8,10-11H2,1-3H3,(H2,22,24,25). The van der Waals surface area contributed by atoms with Crippen molar-refractivity contribution in [1.82, 2.24) is 19.5 Å². The Balaban J connectivity index is 1.95. The molecule has 30 heavy (non-hydrogen) atoms. The molecule has 0 saturated heterocycles. The summed E-state index contributed by atoms with van der Waals surface area (Å²) in [6, 6.07) is 5.87. The normalized spacial score (nSPS) is 10.9. The number of aromatic nitrogens is 4. The molecule has 2 aromatic heterocycles. The van der Waals surface area contributed by atoms with Gasteiger partial charge in [-0.3, -0.25) is 9.36 Å². The zero-order valence-electron chi connectivity index (χ0n) is 17.1. The van der Waals surface area contributed by atoms with Gasteiger partial charge in [0.1, 0.15) is 5.75 Å². The summed E-state index contributed by atoms with van der Waals surface area (Å²) in [5.74, 6) is 0.540. The third-order valence-corrected chi connectivity index (χ3v) is 5.14. The Morgan fingerprint density at radius 1 is 1.23 bits per heavy atom. The maximum atomic E-state index is 11.7. The van der Waals surface area contributed by atoms with Gasteiger partial charge >= 0.3 is 12.0 Å².